The van der Waals surface area contributed by atoms with E-state index in [1.807, 2.05) is 0 Å². The number of aliphatic hydroxyl groups excluding tert-OH is 1. The van der Waals surface area contributed by atoms with Crippen LogP contribution in [-0.2, 0) is 10.0 Å². The minimum absolute atomic E-state index is 0.00618. The SMILES string of the molecule is O=S(=O)(c1cccc(Cl)c1)N1CCCC1CCO. The van der Waals surface area contributed by atoms with Crippen LogP contribution in [0, 0.1) is 0 Å². The number of rotatable bonds is 4. The van der Waals surface area contributed by atoms with Crippen LogP contribution in [0.4, 0.5) is 0 Å². The molecule has 0 bridgehead atoms. The van der Waals surface area contributed by atoms with Gasteiger partial charge in [0.25, 0.3) is 0 Å². The van der Waals surface area contributed by atoms with Crippen LogP contribution in [0.2, 0.25) is 5.02 Å². The Morgan fingerprint density at radius 1 is 1.44 bits per heavy atom. The van der Waals surface area contributed by atoms with Gasteiger partial charge in [0.15, 0.2) is 0 Å². The highest BCUT2D eigenvalue weighted by Crippen LogP contribution is 2.28. The molecule has 0 spiro atoms. The molecule has 1 aliphatic heterocycles. The Balaban J connectivity index is 2.30. The van der Waals surface area contributed by atoms with Crippen LogP contribution in [-0.4, -0.2) is 37.0 Å². The van der Waals surface area contributed by atoms with E-state index in [0.717, 1.165) is 12.8 Å². The Kier molecular flexibility index (Phi) is 4.27. The Bertz CT molecular complexity index is 518. The van der Waals surface area contributed by atoms with Gasteiger partial charge in [-0.05, 0) is 37.5 Å². The van der Waals surface area contributed by atoms with Crippen molar-refractivity contribution in [2.75, 3.05) is 13.2 Å². The van der Waals surface area contributed by atoms with Crippen LogP contribution < -0.4 is 0 Å². The van der Waals surface area contributed by atoms with E-state index in [9.17, 15) is 8.42 Å². The molecule has 2 rings (SSSR count). The highest BCUT2D eigenvalue weighted by molar-refractivity contribution is 7.89. The van der Waals surface area contributed by atoms with Crippen molar-refractivity contribution in [3.8, 4) is 0 Å². The quantitative estimate of drug-likeness (QED) is 0.921. The lowest BCUT2D eigenvalue weighted by molar-refractivity contribution is 0.246. The van der Waals surface area contributed by atoms with E-state index in [1.165, 1.54) is 10.4 Å². The lowest BCUT2D eigenvalue weighted by atomic mass is 10.2. The number of nitrogens with zero attached hydrogens (tertiary/aromatic N) is 1. The predicted molar refractivity (Wildman–Crippen MR) is 70.1 cm³/mol. The molecule has 1 aliphatic rings. The maximum atomic E-state index is 12.5. The van der Waals surface area contributed by atoms with Gasteiger partial charge < -0.3 is 5.11 Å². The van der Waals surface area contributed by atoms with E-state index in [1.54, 1.807) is 18.2 Å². The second-order valence-corrected chi connectivity index (χ2v) is 6.71. The fourth-order valence-electron chi connectivity index (χ4n) is 2.33. The molecule has 1 saturated heterocycles. The summed E-state index contributed by atoms with van der Waals surface area (Å²) in [6.07, 6.45) is 2.13. The first-order valence-corrected chi connectivity index (χ1v) is 7.76. The highest BCUT2D eigenvalue weighted by atomic mass is 35.5. The predicted octanol–water partition coefficient (Wildman–Crippen LogP) is 1.88. The third-order valence-electron chi connectivity index (χ3n) is 3.19. The average Bonchev–Trinajstić information content (AvgIpc) is 2.78. The second kappa shape index (κ2) is 5.57. The van der Waals surface area contributed by atoms with Gasteiger partial charge in [-0.1, -0.05) is 17.7 Å². The number of hydrogen-bond donors (Lipinski definition) is 1. The molecule has 1 aromatic rings. The molecule has 0 saturated carbocycles. The van der Waals surface area contributed by atoms with E-state index in [2.05, 4.69) is 0 Å². The lowest BCUT2D eigenvalue weighted by Crippen LogP contribution is -2.36. The summed E-state index contributed by atoms with van der Waals surface area (Å²) in [5, 5.41) is 9.39. The number of aliphatic hydroxyl groups is 1. The van der Waals surface area contributed by atoms with Crippen LogP contribution in [0.1, 0.15) is 19.3 Å². The molecule has 6 heteroatoms. The first-order valence-electron chi connectivity index (χ1n) is 5.94. The first kappa shape index (κ1) is 13.8. The van der Waals surface area contributed by atoms with E-state index >= 15 is 0 Å². The minimum atomic E-state index is -3.49. The molecule has 0 radical (unpaired) electrons. The monoisotopic (exact) mass is 289 g/mol. The lowest BCUT2D eigenvalue weighted by Gasteiger charge is -2.23. The van der Waals surface area contributed by atoms with E-state index in [4.69, 9.17) is 16.7 Å². The summed E-state index contributed by atoms with van der Waals surface area (Å²) in [6.45, 7) is 0.520. The number of sulfonamides is 1. The van der Waals surface area contributed by atoms with Crippen LogP contribution in [0.15, 0.2) is 29.2 Å². The van der Waals surface area contributed by atoms with Gasteiger partial charge in [-0.3, -0.25) is 0 Å². The number of hydrogen-bond acceptors (Lipinski definition) is 3. The van der Waals surface area contributed by atoms with Gasteiger partial charge in [0.2, 0.25) is 10.0 Å². The zero-order valence-corrected chi connectivity index (χ0v) is 11.5. The van der Waals surface area contributed by atoms with Crippen molar-refractivity contribution in [3.63, 3.8) is 0 Å². The Labute approximate surface area is 112 Å². The molecule has 100 valence electrons. The topological polar surface area (TPSA) is 57.6 Å². The molecule has 1 fully saturated rings. The maximum Gasteiger partial charge on any atom is 0.243 e. The third kappa shape index (κ3) is 2.69. The van der Waals surface area contributed by atoms with Crippen molar-refractivity contribution in [2.24, 2.45) is 0 Å². The van der Waals surface area contributed by atoms with Gasteiger partial charge in [-0.2, -0.15) is 4.31 Å². The zero-order chi connectivity index (χ0) is 13.2. The van der Waals surface area contributed by atoms with Gasteiger partial charge in [0.05, 0.1) is 4.90 Å². The van der Waals surface area contributed by atoms with Crippen molar-refractivity contribution in [1.82, 2.24) is 4.31 Å². The standard InChI is InChI=1S/C12H16ClNO3S/c13-10-3-1-5-12(9-10)18(16,17)14-7-2-4-11(14)6-8-15/h1,3,5,9,11,15H,2,4,6-8H2. The smallest absolute Gasteiger partial charge is 0.243 e. The van der Waals surface area contributed by atoms with Crippen LogP contribution in [0.5, 0.6) is 0 Å². The maximum absolute atomic E-state index is 12.5. The minimum Gasteiger partial charge on any atom is -0.396 e. The van der Waals surface area contributed by atoms with Crippen LogP contribution >= 0.6 is 11.6 Å². The fraction of sp³-hybridized carbons (Fsp3) is 0.500. The Morgan fingerprint density at radius 2 is 2.22 bits per heavy atom. The molecule has 1 unspecified atom stereocenters. The molecule has 1 aromatic carbocycles. The van der Waals surface area contributed by atoms with Gasteiger partial charge in [-0.15, -0.1) is 0 Å². The summed E-state index contributed by atoms with van der Waals surface area (Å²) in [4.78, 5) is 0.222. The molecule has 0 amide bonds. The fourth-order valence-corrected chi connectivity index (χ4v) is 4.35. The van der Waals surface area contributed by atoms with E-state index in [-0.39, 0.29) is 17.5 Å². The summed E-state index contributed by atoms with van der Waals surface area (Å²) in [5.74, 6) is 0. The average molecular weight is 290 g/mol. The molecule has 1 N–H and O–H groups in total. The third-order valence-corrected chi connectivity index (χ3v) is 5.37. The Morgan fingerprint density at radius 3 is 2.89 bits per heavy atom. The first-order chi connectivity index (χ1) is 8.55. The van der Waals surface area contributed by atoms with Crippen molar-refractivity contribution < 1.29 is 13.5 Å². The van der Waals surface area contributed by atoms with Gasteiger partial charge in [0.1, 0.15) is 0 Å². The van der Waals surface area contributed by atoms with E-state index in [0.29, 0.717) is 18.0 Å². The number of benzene rings is 1. The molecular formula is C12H16ClNO3S. The second-order valence-electron chi connectivity index (χ2n) is 4.38. The number of halogens is 1. The summed E-state index contributed by atoms with van der Waals surface area (Å²) in [7, 11) is -3.49. The molecule has 1 heterocycles. The summed E-state index contributed by atoms with van der Waals surface area (Å²) >= 11 is 5.83. The van der Waals surface area contributed by atoms with Crippen molar-refractivity contribution >= 4 is 21.6 Å². The molecule has 1 atom stereocenters. The summed E-state index contributed by atoms with van der Waals surface area (Å²) < 4.78 is 26.4. The van der Waals surface area contributed by atoms with E-state index < -0.39 is 10.0 Å². The zero-order valence-electron chi connectivity index (χ0n) is 9.92. The molecule has 0 aliphatic carbocycles. The van der Waals surface area contributed by atoms with Gasteiger partial charge in [-0.25, -0.2) is 8.42 Å². The molecule has 4 nitrogen and oxygen atoms in total. The van der Waals surface area contributed by atoms with Crippen molar-refractivity contribution in [2.45, 2.75) is 30.2 Å². The van der Waals surface area contributed by atoms with Gasteiger partial charge in [0, 0.05) is 24.2 Å². The Hall–Kier alpha value is -0.620. The van der Waals surface area contributed by atoms with Gasteiger partial charge >= 0.3 is 0 Å². The largest absolute Gasteiger partial charge is 0.396 e. The normalized spacial score (nSPS) is 21.3. The molecule has 0 aromatic heterocycles. The van der Waals surface area contributed by atoms with Crippen molar-refractivity contribution in [1.29, 1.82) is 0 Å². The summed E-state index contributed by atoms with van der Waals surface area (Å²) in [6, 6.07) is 6.20. The molecular weight excluding hydrogens is 274 g/mol. The van der Waals surface area contributed by atoms with Crippen molar-refractivity contribution in [3.05, 3.63) is 29.3 Å². The highest BCUT2D eigenvalue weighted by Gasteiger charge is 2.34. The van der Waals surface area contributed by atoms with Crippen LogP contribution in [0.25, 0.3) is 0 Å². The summed E-state index contributed by atoms with van der Waals surface area (Å²) in [5.41, 5.74) is 0. The molecule has 18 heavy (non-hydrogen) atoms. The van der Waals surface area contributed by atoms with Crippen LogP contribution in [0.3, 0.4) is 0 Å².